The SMILES string of the molecule is CN(c1ccc(C(=O)NC(C)(C)CC(C)(C)C)cc1)S(=O)(=O)c1ccccc1. The van der Waals surface area contributed by atoms with Crippen molar-refractivity contribution < 1.29 is 13.2 Å². The molecule has 0 aliphatic heterocycles. The molecule has 0 spiro atoms. The lowest BCUT2D eigenvalue weighted by Gasteiger charge is -2.33. The second-order valence-electron chi connectivity index (χ2n) is 8.91. The minimum atomic E-state index is -3.64. The van der Waals surface area contributed by atoms with Crippen LogP contribution in [0.4, 0.5) is 5.69 Å². The minimum absolute atomic E-state index is 0.0924. The van der Waals surface area contributed by atoms with Crippen LogP contribution < -0.4 is 9.62 Å². The first-order chi connectivity index (χ1) is 12.8. The fourth-order valence-electron chi connectivity index (χ4n) is 3.46. The van der Waals surface area contributed by atoms with Crippen molar-refractivity contribution in [3.05, 3.63) is 60.2 Å². The summed E-state index contributed by atoms with van der Waals surface area (Å²) in [6.45, 7) is 10.4. The summed E-state index contributed by atoms with van der Waals surface area (Å²) in [5.41, 5.74) is 0.738. The molecule has 0 heterocycles. The highest BCUT2D eigenvalue weighted by molar-refractivity contribution is 7.92. The largest absolute Gasteiger partial charge is 0.347 e. The Morgan fingerprint density at radius 1 is 0.929 bits per heavy atom. The fourth-order valence-corrected chi connectivity index (χ4v) is 4.68. The number of sulfonamides is 1. The molecular weight excluding hydrogens is 372 g/mol. The lowest BCUT2D eigenvalue weighted by molar-refractivity contribution is 0.0891. The van der Waals surface area contributed by atoms with Crippen molar-refractivity contribution in [1.29, 1.82) is 0 Å². The molecule has 1 amide bonds. The van der Waals surface area contributed by atoms with Crippen LogP contribution in [0.5, 0.6) is 0 Å². The van der Waals surface area contributed by atoms with E-state index in [1.54, 1.807) is 54.6 Å². The van der Waals surface area contributed by atoms with Crippen LogP contribution in [0.25, 0.3) is 0 Å². The number of anilines is 1. The number of nitrogens with zero attached hydrogens (tertiary/aromatic N) is 1. The first kappa shape index (κ1) is 22.0. The summed E-state index contributed by atoms with van der Waals surface area (Å²) >= 11 is 0. The second-order valence-corrected chi connectivity index (χ2v) is 10.9. The molecule has 6 heteroatoms. The molecule has 0 aromatic heterocycles. The van der Waals surface area contributed by atoms with Crippen LogP contribution in [0.2, 0.25) is 0 Å². The summed E-state index contributed by atoms with van der Waals surface area (Å²) < 4.78 is 26.7. The van der Waals surface area contributed by atoms with E-state index < -0.39 is 10.0 Å². The molecule has 0 fully saturated rings. The Balaban J connectivity index is 2.16. The molecule has 152 valence electrons. The van der Waals surface area contributed by atoms with E-state index >= 15 is 0 Å². The number of benzene rings is 2. The van der Waals surface area contributed by atoms with Crippen LogP contribution in [-0.4, -0.2) is 26.9 Å². The van der Waals surface area contributed by atoms with Gasteiger partial charge in [-0.3, -0.25) is 9.10 Å². The van der Waals surface area contributed by atoms with E-state index in [4.69, 9.17) is 0 Å². The normalized spacial score (nSPS) is 12.5. The first-order valence-electron chi connectivity index (χ1n) is 9.28. The van der Waals surface area contributed by atoms with Gasteiger partial charge < -0.3 is 5.32 Å². The molecule has 0 radical (unpaired) electrons. The van der Waals surface area contributed by atoms with Gasteiger partial charge in [0.15, 0.2) is 0 Å². The Hall–Kier alpha value is -2.34. The molecule has 1 N–H and O–H groups in total. The van der Waals surface area contributed by atoms with Crippen LogP contribution in [0.15, 0.2) is 59.5 Å². The maximum atomic E-state index is 12.7. The molecule has 28 heavy (non-hydrogen) atoms. The van der Waals surface area contributed by atoms with Gasteiger partial charge in [-0.15, -0.1) is 0 Å². The minimum Gasteiger partial charge on any atom is -0.347 e. The van der Waals surface area contributed by atoms with Crippen LogP contribution >= 0.6 is 0 Å². The Labute approximate surface area is 168 Å². The molecule has 2 aromatic rings. The van der Waals surface area contributed by atoms with Crippen molar-refractivity contribution in [1.82, 2.24) is 5.32 Å². The summed E-state index contributed by atoms with van der Waals surface area (Å²) in [4.78, 5) is 12.8. The summed E-state index contributed by atoms with van der Waals surface area (Å²) in [6, 6.07) is 14.9. The zero-order valence-electron chi connectivity index (χ0n) is 17.5. The fraction of sp³-hybridized carbons (Fsp3) is 0.409. The van der Waals surface area contributed by atoms with E-state index in [0.29, 0.717) is 11.3 Å². The number of carbonyl (C=O) groups excluding carboxylic acids is 1. The predicted molar refractivity (Wildman–Crippen MR) is 114 cm³/mol. The van der Waals surface area contributed by atoms with E-state index in [9.17, 15) is 13.2 Å². The van der Waals surface area contributed by atoms with E-state index in [1.165, 1.54) is 11.4 Å². The maximum Gasteiger partial charge on any atom is 0.264 e. The number of carbonyl (C=O) groups is 1. The second kappa shape index (κ2) is 7.95. The summed E-state index contributed by atoms with van der Waals surface area (Å²) in [5, 5.41) is 3.06. The molecule has 2 aromatic carbocycles. The van der Waals surface area contributed by atoms with Gasteiger partial charge >= 0.3 is 0 Å². The van der Waals surface area contributed by atoms with Crippen molar-refractivity contribution in [2.45, 2.75) is 51.5 Å². The summed E-state index contributed by atoms with van der Waals surface area (Å²) in [7, 11) is -2.14. The Morgan fingerprint density at radius 2 is 1.46 bits per heavy atom. The van der Waals surface area contributed by atoms with Gasteiger partial charge in [-0.2, -0.15) is 0 Å². The van der Waals surface area contributed by atoms with E-state index in [0.717, 1.165) is 6.42 Å². The Bertz CT molecular complexity index is 913. The summed E-state index contributed by atoms with van der Waals surface area (Å²) in [5.74, 6) is -0.172. The highest BCUT2D eigenvalue weighted by Crippen LogP contribution is 2.27. The van der Waals surface area contributed by atoms with Crippen LogP contribution in [0, 0.1) is 5.41 Å². The Morgan fingerprint density at radius 3 is 1.96 bits per heavy atom. The van der Waals surface area contributed by atoms with Crippen molar-refractivity contribution in [2.75, 3.05) is 11.4 Å². The highest BCUT2D eigenvalue weighted by atomic mass is 32.2. The quantitative estimate of drug-likeness (QED) is 0.776. The van der Waals surface area contributed by atoms with Crippen LogP contribution in [0.1, 0.15) is 51.4 Å². The van der Waals surface area contributed by atoms with E-state index in [1.807, 2.05) is 13.8 Å². The van der Waals surface area contributed by atoms with Crippen LogP contribution in [-0.2, 0) is 10.0 Å². The number of nitrogens with one attached hydrogen (secondary N) is 1. The number of rotatable bonds is 6. The molecule has 0 aliphatic rings. The first-order valence-corrected chi connectivity index (χ1v) is 10.7. The van der Waals surface area contributed by atoms with Crippen molar-refractivity contribution in [3.63, 3.8) is 0 Å². The van der Waals surface area contributed by atoms with Crippen molar-refractivity contribution in [3.8, 4) is 0 Å². The lowest BCUT2D eigenvalue weighted by atomic mass is 9.81. The monoisotopic (exact) mass is 402 g/mol. The standard InChI is InChI=1S/C22H30N2O3S/c1-21(2,3)16-22(4,5)23-20(25)17-12-14-18(15-13-17)24(6)28(26,27)19-10-8-7-9-11-19/h7-15H,16H2,1-6H3,(H,23,25). The number of hydrogen-bond donors (Lipinski definition) is 1. The molecular formula is C22H30N2O3S. The third kappa shape index (κ3) is 5.58. The average molecular weight is 403 g/mol. The molecule has 0 bridgehead atoms. The van der Waals surface area contributed by atoms with Crippen molar-refractivity contribution in [2.24, 2.45) is 5.41 Å². The molecule has 5 nitrogen and oxygen atoms in total. The van der Waals surface area contributed by atoms with Gasteiger partial charge in [0.05, 0.1) is 10.6 Å². The maximum absolute atomic E-state index is 12.7. The molecule has 0 saturated carbocycles. The average Bonchev–Trinajstić information content (AvgIpc) is 2.59. The lowest BCUT2D eigenvalue weighted by Crippen LogP contribution is -2.45. The molecule has 0 unspecified atom stereocenters. The molecule has 0 atom stereocenters. The van der Waals surface area contributed by atoms with Gasteiger partial charge in [0.2, 0.25) is 0 Å². The number of amides is 1. The van der Waals surface area contributed by atoms with Gasteiger partial charge in [-0.1, -0.05) is 39.0 Å². The predicted octanol–water partition coefficient (Wildman–Crippen LogP) is 4.46. The van der Waals surface area contributed by atoms with Crippen molar-refractivity contribution >= 4 is 21.6 Å². The summed E-state index contributed by atoms with van der Waals surface area (Å²) in [6.07, 6.45) is 0.835. The van der Waals surface area contributed by atoms with Gasteiger partial charge in [0, 0.05) is 18.2 Å². The van der Waals surface area contributed by atoms with E-state index in [-0.39, 0.29) is 21.8 Å². The molecule has 0 saturated heterocycles. The zero-order valence-corrected chi connectivity index (χ0v) is 18.3. The number of hydrogen-bond acceptors (Lipinski definition) is 3. The van der Waals surface area contributed by atoms with E-state index in [2.05, 4.69) is 26.1 Å². The molecule has 2 rings (SSSR count). The van der Waals surface area contributed by atoms with Gasteiger partial charge in [-0.05, 0) is 62.1 Å². The van der Waals surface area contributed by atoms with Gasteiger partial charge in [0.1, 0.15) is 0 Å². The molecule has 0 aliphatic carbocycles. The highest BCUT2D eigenvalue weighted by Gasteiger charge is 2.27. The van der Waals surface area contributed by atoms with Crippen LogP contribution in [0.3, 0.4) is 0 Å². The topological polar surface area (TPSA) is 66.5 Å². The van der Waals surface area contributed by atoms with Gasteiger partial charge in [0.25, 0.3) is 15.9 Å². The third-order valence-corrected chi connectivity index (χ3v) is 6.12. The third-order valence-electron chi connectivity index (χ3n) is 4.32. The van der Waals surface area contributed by atoms with Gasteiger partial charge in [-0.25, -0.2) is 8.42 Å². The zero-order chi connectivity index (χ0) is 21.2. The Kier molecular flexibility index (Phi) is 6.24. The smallest absolute Gasteiger partial charge is 0.264 e.